The van der Waals surface area contributed by atoms with E-state index in [4.69, 9.17) is 0 Å². The molecule has 0 bridgehead atoms. The van der Waals surface area contributed by atoms with E-state index in [0.29, 0.717) is 13.1 Å². The third-order valence-corrected chi connectivity index (χ3v) is 3.44. The van der Waals surface area contributed by atoms with Crippen molar-refractivity contribution in [3.63, 3.8) is 0 Å². The number of hydrogen-bond acceptors (Lipinski definition) is 2. The van der Waals surface area contributed by atoms with Gasteiger partial charge in [0.1, 0.15) is 0 Å². The summed E-state index contributed by atoms with van der Waals surface area (Å²) in [5.74, 6) is -0.0278. The van der Waals surface area contributed by atoms with Crippen LogP contribution in [0.2, 0.25) is 0 Å². The Hall–Kier alpha value is -2.36. The summed E-state index contributed by atoms with van der Waals surface area (Å²) >= 11 is 0. The molecule has 23 heavy (non-hydrogen) atoms. The summed E-state index contributed by atoms with van der Waals surface area (Å²) in [6.07, 6.45) is 6.92. The van der Waals surface area contributed by atoms with Gasteiger partial charge in [-0.3, -0.25) is 4.79 Å². The predicted molar refractivity (Wildman–Crippen MR) is 92.8 cm³/mol. The van der Waals surface area contributed by atoms with E-state index < -0.39 is 0 Å². The quantitative estimate of drug-likeness (QED) is 0.766. The third-order valence-electron chi connectivity index (χ3n) is 3.44. The van der Waals surface area contributed by atoms with Gasteiger partial charge < -0.3 is 9.47 Å². The molecule has 0 unspecified atom stereocenters. The molecule has 4 heteroatoms. The molecule has 2 aromatic rings. The monoisotopic (exact) mass is 311 g/mol. The number of rotatable bonds is 6. The SMILES string of the molecule is C=CC(=O)N(Cc1cccc(Cn2ccnc2)c1)CC(C)(C)C. The summed E-state index contributed by atoms with van der Waals surface area (Å²) in [5.41, 5.74) is 2.37. The smallest absolute Gasteiger partial charge is 0.246 e. The van der Waals surface area contributed by atoms with Gasteiger partial charge in [-0.25, -0.2) is 4.98 Å². The molecule has 0 N–H and O–H groups in total. The van der Waals surface area contributed by atoms with Gasteiger partial charge >= 0.3 is 0 Å². The largest absolute Gasteiger partial charge is 0.334 e. The Morgan fingerprint density at radius 2 is 2.09 bits per heavy atom. The van der Waals surface area contributed by atoms with Crippen LogP contribution in [0, 0.1) is 5.41 Å². The van der Waals surface area contributed by atoms with E-state index in [9.17, 15) is 4.79 Å². The van der Waals surface area contributed by atoms with Gasteiger partial charge in [0, 0.05) is 32.0 Å². The van der Waals surface area contributed by atoms with Crippen molar-refractivity contribution in [3.8, 4) is 0 Å². The fourth-order valence-electron chi connectivity index (χ4n) is 2.55. The van der Waals surface area contributed by atoms with Crippen molar-refractivity contribution in [2.45, 2.75) is 33.9 Å². The highest BCUT2D eigenvalue weighted by atomic mass is 16.2. The third kappa shape index (κ3) is 5.40. The number of imidazole rings is 1. The zero-order valence-corrected chi connectivity index (χ0v) is 14.2. The molecule has 1 aromatic heterocycles. The lowest BCUT2D eigenvalue weighted by atomic mass is 9.95. The molecule has 0 spiro atoms. The summed E-state index contributed by atoms with van der Waals surface area (Å²) in [5, 5.41) is 0. The van der Waals surface area contributed by atoms with Crippen LogP contribution in [0.3, 0.4) is 0 Å². The standard InChI is InChI=1S/C19H25N3O/c1-5-18(23)22(14-19(2,3)4)13-17-8-6-7-16(11-17)12-21-10-9-20-15-21/h5-11,15H,1,12-14H2,2-4H3. The maximum Gasteiger partial charge on any atom is 0.246 e. The van der Waals surface area contributed by atoms with Crippen LogP contribution in [0.15, 0.2) is 55.6 Å². The van der Waals surface area contributed by atoms with Crippen molar-refractivity contribution in [2.75, 3.05) is 6.54 Å². The molecule has 1 amide bonds. The predicted octanol–water partition coefficient (Wildman–Crippen LogP) is 3.49. The summed E-state index contributed by atoms with van der Waals surface area (Å²) in [4.78, 5) is 18.0. The summed E-state index contributed by atoms with van der Waals surface area (Å²) in [6.45, 7) is 12.1. The van der Waals surface area contributed by atoms with Crippen molar-refractivity contribution in [1.29, 1.82) is 0 Å². The van der Waals surface area contributed by atoms with E-state index in [0.717, 1.165) is 12.1 Å². The van der Waals surface area contributed by atoms with E-state index in [1.54, 1.807) is 12.5 Å². The van der Waals surface area contributed by atoms with Gasteiger partial charge in [-0.15, -0.1) is 0 Å². The first-order chi connectivity index (χ1) is 10.9. The van der Waals surface area contributed by atoms with Crippen molar-refractivity contribution >= 4 is 5.91 Å². The maximum absolute atomic E-state index is 12.1. The van der Waals surface area contributed by atoms with Gasteiger partial charge in [-0.05, 0) is 22.6 Å². The fourth-order valence-corrected chi connectivity index (χ4v) is 2.55. The lowest BCUT2D eigenvalue weighted by Gasteiger charge is -2.29. The Morgan fingerprint density at radius 1 is 1.35 bits per heavy atom. The maximum atomic E-state index is 12.1. The first kappa shape index (κ1) is 17.0. The highest BCUT2D eigenvalue weighted by Crippen LogP contribution is 2.18. The minimum absolute atomic E-state index is 0.0278. The van der Waals surface area contributed by atoms with Crippen LogP contribution in [0.5, 0.6) is 0 Å². The van der Waals surface area contributed by atoms with Crippen LogP contribution in [0.1, 0.15) is 31.9 Å². The summed E-state index contributed by atoms with van der Waals surface area (Å²) < 4.78 is 2.03. The molecule has 1 heterocycles. The van der Waals surface area contributed by atoms with Crippen LogP contribution in [0.25, 0.3) is 0 Å². The molecule has 0 aliphatic heterocycles. The highest BCUT2D eigenvalue weighted by Gasteiger charge is 2.19. The Morgan fingerprint density at radius 3 is 2.70 bits per heavy atom. The first-order valence-corrected chi connectivity index (χ1v) is 7.82. The van der Waals surface area contributed by atoms with Gasteiger partial charge in [-0.2, -0.15) is 0 Å². The zero-order valence-electron chi connectivity index (χ0n) is 14.2. The molecule has 0 radical (unpaired) electrons. The Kier molecular flexibility index (Phi) is 5.37. The van der Waals surface area contributed by atoms with Crippen molar-refractivity contribution in [3.05, 3.63) is 66.8 Å². The Bertz CT molecular complexity index is 654. The second-order valence-electron chi connectivity index (χ2n) is 7.01. The molecular weight excluding hydrogens is 286 g/mol. The van der Waals surface area contributed by atoms with Gasteiger partial charge in [0.2, 0.25) is 5.91 Å². The first-order valence-electron chi connectivity index (χ1n) is 7.82. The summed E-state index contributed by atoms with van der Waals surface area (Å²) in [6, 6.07) is 8.33. The number of benzene rings is 1. The van der Waals surface area contributed by atoms with E-state index in [-0.39, 0.29) is 11.3 Å². The Balaban J connectivity index is 2.13. The normalized spacial score (nSPS) is 11.3. The van der Waals surface area contributed by atoms with Gasteiger partial charge in [0.15, 0.2) is 0 Å². The number of hydrogen-bond donors (Lipinski definition) is 0. The number of carbonyl (C=O) groups excluding carboxylic acids is 1. The number of aromatic nitrogens is 2. The fraction of sp³-hybridized carbons (Fsp3) is 0.368. The zero-order chi connectivity index (χ0) is 16.9. The molecule has 0 saturated carbocycles. The van der Waals surface area contributed by atoms with Gasteiger partial charge in [0.25, 0.3) is 0 Å². The molecule has 0 saturated heterocycles. The lowest BCUT2D eigenvalue weighted by molar-refractivity contribution is -0.127. The average Bonchev–Trinajstić information content (AvgIpc) is 2.97. The molecule has 0 aliphatic rings. The second kappa shape index (κ2) is 7.27. The minimum Gasteiger partial charge on any atom is -0.334 e. The second-order valence-corrected chi connectivity index (χ2v) is 7.01. The molecule has 0 atom stereocenters. The number of amides is 1. The Labute approximate surface area is 138 Å². The molecule has 0 fully saturated rings. The minimum atomic E-state index is -0.0278. The molecule has 122 valence electrons. The van der Waals surface area contributed by atoms with Crippen LogP contribution in [-0.2, 0) is 17.9 Å². The van der Waals surface area contributed by atoms with E-state index >= 15 is 0 Å². The molecule has 2 rings (SSSR count). The molecule has 4 nitrogen and oxygen atoms in total. The topological polar surface area (TPSA) is 38.1 Å². The van der Waals surface area contributed by atoms with E-state index in [2.05, 4.69) is 50.5 Å². The van der Waals surface area contributed by atoms with Crippen LogP contribution >= 0.6 is 0 Å². The molecular formula is C19H25N3O. The van der Waals surface area contributed by atoms with Gasteiger partial charge in [0.05, 0.1) is 6.33 Å². The van der Waals surface area contributed by atoms with Crippen LogP contribution in [0.4, 0.5) is 0 Å². The van der Waals surface area contributed by atoms with Gasteiger partial charge in [-0.1, -0.05) is 51.6 Å². The molecule has 1 aromatic carbocycles. The van der Waals surface area contributed by atoms with Crippen molar-refractivity contribution < 1.29 is 4.79 Å². The highest BCUT2D eigenvalue weighted by molar-refractivity contribution is 5.87. The van der Waals surface area contributed by atoms with Crippen molar-refractivity contribution in [1.82, 2.24) is 14.5 Å². The van der Waals surface area contributed by atoms with E-state index in [1.807, 2.05) is 21.7 Å². The average molecular weight is 311 g/mol. The van der Waals surface area contributed by atoms with Crippen LogP contribution in [-0.4, -0.2) is 26.9 Å². The molecule has 0 aliphatic carbocycles. The lowest BCUT2D eigenvalue weighted by Crippen LogP contribution is -2.36. The van der Waals surface area contributed by atoms with Crippen molar-refractivity contribution in [2.24, 2.45) is 5.41 Å². The van der Waals surface area contributed by atoms with Crippen LogP contribution < -0.4 is 0 Å². The number of nitrogens with zero attached hydrogens (tertiary/aromatic N) is 3. The number of carbonyl (C=O) groups is 1. The summed E-state index contributed by atoms with van der Waals surface area (Å²) in [7, 11) is 0. The van der Waals surface area contributed by atoms with E-state index in [1.165, 1.54) is 11.6 Å².